The Hall–Kier alpha value is -3.37. The lowest BCUT2D eigenvalue weighted by Crippen LogP contribution is -2.29. The Balaban J connectivity index is 2.36. The maximum atomic E-state index is 12.9. The van der Waals surface area contributed by atoms with E-state index in [9.17, 15) is 4.79 Å². The molecule has 0 radical (unpaired) electrons. The number of terminal acetylenes is 2. The van der Waals surface area contributed by atoms with Gasteiger partial charge in [-0.05, 0) is 52.0 Å². The van der Waals surface area contributed by atoms with Crippen molar-refractivity contribution in [3.8, 4) is 36.2 Å². The van der Waals surface area contributed by atoms with Gasteiger partial charge in [-0.3, -0.25) is 4.79 Å². The molecule has 1 aromatic heterocycles. The van der Waals surface area contributed by atoms with Crippen LogP contribution in [0.25, 0.3) is 21.9 Å². The van der Waals surface area contributed by atoms with E-state index in [4.69, 9.17) is 26.7 Å². The third-order valence-electron chi connectivity index (χ3n) is 4.08. The molecular formula is C23H20O4. The molecule has 0 aliphatic rings. The van der Waals surface area contributed by atoms with Crippen molar-refractivity contribution in [3.63, 3.8) is 0 Å². The number of fused-ring (bicyclic) bond motifs is 2. The molecular weight excluding hydrogens is 340 g/mol. The summed E-state index contributed by atoms with van der Waals surface area (Å²) in [6.45, 7) is 6.98. The summed E-state index contributed by atoms with van der Waals surface area (Å²) in [5.74, 6) is 5.75. The number of benzene rings is 2. The van der Waals surface area contributed by atoms with Gasteiger partial charge in [0.25, 0.3) is 0 Å². The fraction of sp³-hybridized carbons (Fsp3) is 0.261. The number of rotatable bonds is 4. The molecule has 0 bridgehead atoms. The second-order valence-electron chi connectivity index (χ2n) is 7.21. The van der Waals surface area contributed by atoms with Crippen molar-refractivity contribution in [2.75, 3.05) is 0 Å². The van der Waals surface area contributed by atoms with Crippen LogP contribution in [0.3, 0.4) is 0 Å². The SMILES string of the molecule is C#CC(C)(C)Oc1ccc2c(=O)c3ccccc3oc2c1OC(C)(C)C#C. The molecule has 0 spiro atoms. The van der Waals surface area contributed by atoms with Crippen LogP contribution in [0.4, 0.5) is 0 Å². The van der Waals surface area contributed by atoms with E-state index in [2.05, 4.69) is 11.8 Å². The minimum absolute atomic E-state index is 0.155. The Morgan fingerprint density at radius 3 is 2.19 bits per heavy atom. The summed E-state index contributed by atoms with van der Waals surface area (Å²) >= 11 is 0. The number of hydrogen-bond acceptors (Lipinski definition) is 4. The normalized spacial score (nSPS) is 11.8. The van der Waals surface area contributed by atoms with Crippen LogP contribution in [0.15, 0.2) is 45.6 Å². The molecule has 27 heavy (non-hydrogen) atoms. The smallest absolute Gasteiger partial charge is 0.206 e. The van der Waals surface area contributed by atoms with Crippen LogP contribution in [-0.4, -0.2) is 11.2 Å². The molecule has 1 heterocycles. The van der Waals surface area contributed by atoms with Gasteiger partial charge in [0.05, 0.1) is 10.8 Å². The highest BCUT2D eigenvalue weighted by Crippen LogP contribution is 2.39. The van der Waals surface area contributed by atoms with E-state index in [0.717, 1.165) is 0 Å². The van der Waals surface area contributed by atoms with Gasteiger partial charge in [0.15, 0.2) is 22.5 Å². The molecule has 3 aromatic rings. The Morgan fingerprint density at radius 2 is 1.52 bits per heavy atom. The average Bonchev–Trinajstić information content (AvgIpc) is 2.64. The van der Waals surface area contributed by atoms with E-state index in [1.807, 2.05) is 0 Å². The summed E-state index contributed by atoms with van der Waals surface area (Å²) in [5.41, 5.74) is -1.27. The predicted molar refractivity (Wildman–Crippen MR) is 107 cm³/mol. The Kier molecular flexibility index (Phi) is 4.38. The van der Waals surface area contributed by atoms with Gasteiger partial charge in [-0.2, -0.15) is 0 Å². The first kappa shape index (κ1) is 18.4. The minimum atomic E-state index is -0.948. The molecule has 0 saturated carbocycles. The first-order valence-corrected chi connectivity index (χ1v) is 8.49. The van der Waals surface area contributed by atoms with Gasteiger partial charge in [-0.15, -0.1) is 12.8 Å². The highest BCUT2D eigenvalue weighted by Gasteiger charge is 2.26. The lowest BCUT2D eigenvalue weighted by Gasteiger charge is -2.26. The fourth-order valence-electron chi connectivity index (χ4n) is 2.59. The topological polar surface area (TPSA) is 48.7 Å². The van der Waals surface area contributed by atoms with Crippen LogP contribution in [0.1, 0.15) is 27.7 Å². The van der Waals surface area contributed by atoms with Crippen LogP contribution < -0.4 is 14.9 Å². The van der Waals surface area contributed by atoms with Crippen LogP contribution in [0, 0.1) is 24.7 Å². The highest BCUT2D eigenvalue weighted by atomic mass is 16.5. The second-order valence-corrected chi connectivity index (χ2v) is 7.21. The molecule has 4 nitrogen and oxygen atoms in total. The molecule has 0 aliphatic heterocycles. The molecule has 0 atom stereocenters. The molecule has 0 unspecified atom stereocenters. The molecule has 2 aromatic carbocycles. The summed E-state index contributed by atoms with van der Waals surface area (Å²) < 4.78 is 18.0. The number of hydrogen-bond donors (Lipinski definition) is 0. The van der Waals surface area contributed by atoms with E-state index in [1.54, 1.807) is 64.1 Å². The van der Waals surface area contributed by atoms with Gasteiger partial charge in [0, 0.05) is 0 Å². The van der Waals surface area contributed by atoms with Crippen LogP contribution >= 0.6 is 0 Å². The lowest BCUT2D eigenvalue weighted by molar-refractivity contribution is 0.135. The van der Waals surface area contributed by atoms with Crippen molar-refractivity contribution in [2.24, 2.45) is 0 Å². The van der Waals surface area contributed by atoms with Crippen LogP contribution in [-0.2, 0) is 0 Å². The van der Waals surface area contributed by atoms with E-state index >= 15 is 0 Å². The molecule has 136 valence electrons. The number of para-hydroxylation sites is 1. The quantitative estimate of drug-likeness (QED) is 0.507. The van der Waals surface area contributed by atoms with Crippen molar-refractivity contribution in [1.82, 2.24) is 0 Å². The van der Waals surface area contributed by atoms with Crippen LogP contribution in [0.2, 0.25) is 0 Å². The van der Waals surface area contributed by atoms with Crippen molar-refractivity contribution >= 4 is 21.9 Å². The van der Waals surface area contributed by atoms with Gasteiger partial charge in [0.2, 0.25) is 11.2 Å². The highest BCUT2D eigenvalue weighted by molar-refractivity contribution is 5.93. The van der Waals surface area contributed by atoms with Gasteiger partial charge in [0.1, 0.15) is 5.58 Å². The summed E-state index contributed by atoms with van der Waals surface area (Å²) in [6.07, 6.45) is 11.1. The summed E-state index contributed by atoms with van der Waals surface area (Å²) in [4.78, 5) is 12.9. The molecule has 0 fully saturated rings. The van der Waals surface area contributed by atoms with Crippen molar-refractivity contribution < 1.29 is 13.9 Å². The fourth-order valence-corrected chi connectivity index (χ4v) is 2.59. The maximum absolute atomic E-state index is 12.9. The molecule has 3 rings (SSSR count). The zero-order valence-electron chi connectivity index (χ0n) is 15.8. The van der Waals surface area contributed by atoms with E-state index < -0.39 is 11.2 Å². The maximum Gasteiger partial charge on any atom is 0.206 e. The molecule has 0 saturated heterocycles. The van der Waals surface area contributed by atoms with E-state index in [-0.39, 0.29) is 16.8 Å². The Morgan fingerprint density at radius 1 is 0.889 bits per heavy atom. The third kappa shape index (κ3) is 3.48. The zero-order chi connectivity index (χ0) is 19.8. The molecule has 0 N–H and O–H groups in total. The number of ether oxygens (including phenoxy) is 2. The average molecular weight is 360 g/mol. The minimum Gasteiger partial charge on any atom is -0.471 e. The first-order chi connectivity index (χ1) is 12.7. The largest absolute Gasteiger partial charge is 0.471 e. The van der Waals surface area contributed by atoms with E-state index in [1.165, 1.54) is 0 Å². The third-order valence-corrected chi connectivity index (χ3v) is 4.08. The molecule has 4 heteroatoms. The van der Waals surface area contributed by atoms with Crippen LogP contribution in [0.5, 0.6) is 11.5 Å². The first-order valence-electron chi connectivity index (χ1n) is 8.49. The zero-order valence-corrected chi connectivity index (χ0v) is 15.8. The van der Waals surface area contributed by atoms with Gasteiger partial charge in [-0.1, -0.05) is 24.0 Å². The monoisotopic (exact) mass is 360 g/mol. The molecule has 0 amide bonds. The van der Waals surface area contributed by atoms with E-state index in [0.29, 0.717) is 22.1 Å². The lowest BCUT2D eigenvalue weighted by atomic mass is 10.1. The summed E-state index contributed by atoms with van der Waals surface area (Å²) in [6, 6.07) is 10.3. The van der Waals surface area contributed by atoms with Crippen molar-refractivity contribution in [1.29, 1.82) is 0 Å². The molecule has 0 aliphatic carbocycles. The predicted octanol–water partition coefficient (Wildman–Crippen LogP) is 4.53. The van der Waals surface area contributed by atoms with Crippen molar-refractivity contribution in [3.05, 3.63) is 46.6 Å². The van der Waals surface area contributed by atoms with Gasteiger partial charge < -0.3 is 13.9 Å². The second kappa shape index (κ2) is 6.41. The Labute approximate surface area is 158 Å². The standard InChI is InChI=1S/C23H20O4/c1-7-22(3,4)26-18-14-13-16-19(24)15-11-9-10-12-17(15)25-20(16)21(18)27-23(5,6)8-2/h1-2,9-14H,3-6H3. The van der Waals surface area contributed by atoms with Gasteiger partial charge >= 0.3 is 0 Å². The van der Waals surface area contributed by atoms with Gasteiger partial charge in [-0.25, -0.2) is 0 Å². The summed E-state index contributed by atoms with van der Waals surface area (Å²) in [5, 5.41) is 0.868. The summed E-state index contributed by atoms with van der Waals surface area (Å²) in [7, 11) is 0. The Bertz CT molecular complexity index is 1170. The van der Waals surface area contributed by atoms with Crippen molar-refractivity contribution in [2.45, 2.75) is 38.9 Å².